The molecular weight excluding hydrogens is 362 g/mol. The molecular formula is C20H29N3O5. The maximum Gasteiger partial charge on any atom is 0.251 e. The van der Waals surface area contributed by atoms with E-state index >= 15 is 0 Å². The van der Waals surface area contributed by atoms with Gasteiger partial charge < -0.3 is 24.4 Å². The molecule has 2 unspecified atom stereocenters. The van der Waals surface area contributed by atoms with Gasteiger partial charge in [0.25, 0.3) is 5.91 Å². The molecule has 0 saturated carbocycles. The monoisotopic (exact) mass is 391 g/mol. The first kappa shape index (κ1) is 20.4. The Kier molecular flexibility index (Phi) is 6.74. The Hall–Kier alpha value is -2.32. The number of anilines is 1. The van der Waals surface area contributed by atoms with Gasteiger partial charge in [-0.2, -0.15) is 0 Å². The van der Waals surface area contributed by atoms with E-state index in [0.717, 1.165) is 12.8 Å². The second-order valence-electron chi connectivity index (χ2n) is 7.09. The minimum atomic E-state index is -0.323. The van der Waals surface area contributed by atoms with E-state index in [2.05, 4.69) is 10.2 Å². The van der Waals surface area contributed by atoms with Crippen LogP contribution in [0.25, 0.3) is 0 Å². The van der Waals surface area contributed by atoms with E-state index in [-0.39, 0.29) is 24.0 Å². The first-order chi connectivity index (χ1) is 13.5. The zero-order valence-electron chi connectivity index (χ0n) is 16.8. The highest BCUT2D eigenvalue weighted by Gasteiger charge is 2.32. The van der Waals surface area contributed by atoms with E-state index in [0.29, 0.717) is 50.0 Å². The summed E-state index contributed by atoms with van der Waals surface area (Å²) in [4.78, 5) is 29.1. The second-order valence-corrected chi connectivity index (χ2v) is 7.09. The number of benzene rings is 1. The number of rotatable bonds is 6. The number of amides is 2. The fraction of sp³-hybridized carbons (Fsp3) is 0.600. The van der Waals surface area contributed by atoms with Gasteiger partial charge in [-0.1, -0.05) is 0 Å². The first-order valence-electron chi connectivity index (χ1n) is 9.71. The van der Waals surface area contributed by atoms with Crippen molar-refractivity contribution in [2.75, 3.05) is 52.3 Å². The van der Waals surface area contributed by atoms with Gasteiger partial charge in [0.05, 0.1) is 25.9 Å². The van der Waals surface area contributed by atoms with Crippen molar-refractivity contribution in [1.82, 2.24) is 9.80 Å². The van der Waals surface area contributed by atoms with Crippen LogP contribution in [0, 0.1) is 0 Å². The molecule has 0 aliphatic carbocycles. The van der Waals surface area contributed by atoms with Crippen molar-refractivity contribution in [3.63, 3.8) is 0 Å². The molecule has 8 heteroatoms. The van der Waals surface area contributed by atoms with Gasteiger partial charge in [-0.15, -0.1) is 0 Å². The molecule has 0 spiro atoms. The smallest absolute Gasteiger partial charge is 0.251 e. The molecule has 0 radical (unpaired) electrons. The highest BCUT2D eigenvalue weighted by Crippen LogP contribution is 2.29. The third-order valence-corrected chi connectivity index (χ3v) is 5.42. The van der Waals surface area contributed by atoms with Gasteiger partial charge in [-0.05, 0) is 31.9 Å². The maximum absolute atomic E-state index is 12.8. The average molecular weight is 391 g/mol. The molecule has 28 heavy (non-hydrogen) atoms. The van der Waals surface area contributed by atoms with Gasteiger partial charge in [0.2, 0.25) is 5.91 Å². The quantitative estimate of drug-likeness (QED) is 0.789. The number of piperazine rings is 1. The molecule has 0 bridgehead atoms. The Labute approximate surface area is 165 Å². The van der Waals surface area contributed by atoms with Gasteiger partial charge >= 0.3 is 0 Å². The predicted octanol–water partition coefficient (Wildman–Crippen LogP) is 1.35. The normalized spacial score (nSPS) is 21.2. The molecule has 2 saturated heterocycles. The maximum atomic E-state index is 12.8. The van der Waals surface area contributed by atoms with Crippen LogP contribution in [0.2, 0.25) is 0 Å². The first-order valence-corrected chi connectivity index (χ1v) is 9.71. The summed E-state index contributed by atoms with van der Waals surface area (Å²) in [6.45, 7) is 5.07. The summed E-state index contributed by atoms with van der Waals surface area (Å²) in [6, 6.07) is 4.95. The molecule has 2 heterocycles. The second kappa shape index (κ2) is 9.25. The summed E-state index contributed by atoms with van der Waals surface area (Å²) in [7, 11) is 3.14. The standard InChI is InChI=1S/C20H29N3O5/c1-14(19(24)21-16-13-15(26-2)6-7-17(16)27-3)22-8-10-23(11-9-22)20(25)18-5-4-12-28-18/h6-7,13-14,18H,4-5,8-12H2,1-3H3,(H,21,24). The van der Waals surface area contributed by atoms with Crippen LogP contribution < -0.4 is 14.8 Å². The largest absolute Gasteiger partial charge is 0.497 e. The fourth-order valence-electron chi connectivity index (χ4n) is 3.62. The zero-order valence-corrected chi connectivity index (χ0v) is 16.8. The van der Waals surface area contributed by atoms with Crippen molar-refractivity contribution in [2.24, 2.45) is 0 Å². The van der Waals surface area contributed by atoms with Crippen molar-refractivity contribution in [3.8, 4) is 11.5 Å². The molecule has 3 rings (SSSR count). The Morgan fingerprint density at radius 1 is 1.18 bits per heavy atom. The Morgan fingerprint density at radius 2 is 1.93 bits per heavy atom. The molecule has 2 atom stereocenters. The zero-order chi connectivity index (χ0) is 20.1. The lowest BCUT2D eigenvalue weighted by Crippen LogP contribution is -2.55. The van der Waals surface area contributed by atoms with Gasteiger partial charge in [0.1, 0.15) is 17.6 Å². The number of hydrogen-bond donors (Lipinski definition) is 1. The minimum absolute atomic E-state index is 0.0790. The SMILES string of the molecule is COc1ccc(OC)c(NC(=O)C(C)N2CCN(C(=O)C3CCCO3)CC2)c1. The lowest BCUT2D eigenvalue weighted by Gasteiger charge is -2.38. The lowest BCUT2D eigenvalue weighted by molar-refractivity contribution is -0.143. The summed E-state index contributed by atoms with van der Waals surface area (Å²) in [5.74, 6) is 1.18. The molecule has 2 aliphatic rings. The van der Waals surface area contributed by atoms with Crippen LogP contribution in [-0.2, 0) is 14.3 Å². The summed E-state index contributed by atoms with van der Waals surface area (Å²) in [5.41, 5.74) is 0.575. The van der Waals surface area contributed by atoms with Crippen molar-refractivity contribution >= 4 is 17.5 Å². The van der Waals surface area contributed by atoms with E-state index < -0.39 is 0 Å². The van der Waals surface area contributed by atoms with Gasteiger partial charge in [0, 0.05) is 38.9 Å². The van der Waals surface area contributed by atoms with Crippen molar-refractivity contribution < 1.29 is 23.8 Å². The number of ether oxygens (including phenoxy) is 3. The number of nitrogens with one attached hydrogen (secondary N) is 1. The summed E-state index contributed by atoms with van der Waals surface area (Å²) in [6.07, 6.45) is 1.47. The van der Waals surface area contributed by atoms with Gasteiger partial charge in [0.15, 0.2) is 0 Å². The van der Waals surface area contributed by atoms with Crippen LogP contribution in [-0.4, -0.2) is 80.8 Å². The number of carbonyl (C=O) groups is 2. The molecule has 0 aromatic heterocycles. The minimum Gasteiger partial charge on any atom is -0.497 e. The van der Waals surface area contributed by atoms with E-state index in [9.17, 15) is 9.59 Å². The van der Waals surface area contributed by atoms with E-state index in [1.165, 1.54) is 0 Å². The predicted molar refractivity (Wildman–Crippen MR) is 105 cm³/mol. The van der Waals surface area contributed by atoms with Gasteiger partial charge in [-0.25, -0.2) is 0 Å². The van der Waals surface area contributed by atoms with Crippen LogP contribution in [0.5, 0.6) is 11.5 Å². The summed E-state index contributed by atoms with van der Waals surface area (Å²) >= 11 is 0. The van der Waals surface area contributed by atoms with Crippen LogP contribution in [0.1, 0.15) is 19.8 Å². The summed E-state index contributed by atoms with van der Waals surface area (Å²) < 4.78 is 16.0. The van der Waals surface area contributed by atoms with Gasteiger partial charge in [-0.3, -0.25) is 14.5 Å². The molecule has 2 aliphatic heterocycles. The molecule has 1 aromatic carbocycles. The number of methoxy groups -OCH3 is 2. The lowest BCUT2D eigenvalue weighted by atomic mass is 10.1. The molecule has 1 N–H and O–H groups in total. The molecule has 2 fully saturated rings. The number of nitrogens with zero attached hydrogens (tertiary/aromatic N) is 2. The average Bonchev–Trinajstić information content (AvgIpc) is 3.27. The van der Waals surface area contributed by atoms with Crippen LogP contribution >= 0.6 is 0 Å². The van der Waals surface area contributed by atoms with Crippen LogP contribution in [0.4, 0.5) is 5.69 Å². The van der Waals surface area contributed by atoms with E-state index in [4.69, 9.17) is 14.2 Å². The number of carbonyl (C=O) groups excluding carboxylic acids is 2. The highest BCUT2D eigenvalue weighted by atomic mass is 16.5. The Morgan fingerprint density at radius 3 is 2.54 bits per heavy atom. The molecule has 8 nitrogen and oxygen atoms in total. The van der Waals surface area contributed by atoms with Crippen molar-refractivity contribution in [2.45, 2.75) is 31.9 Å². The fourth-order valence-corrected chi connectivity index (χ4v) is 3.62. The number of hydrogen-bond acceptors (Lipinski definition) is 6. The summed E-state index contributed by atoms with van der Waals surface area (Å²) in [5, 5.41) is 2.93. The van der Waals surface area contributed by atoms with Crippen LogP contribution in [0.3, 0.4) is 0 Å². The third kappa shape index (κ3) is 4.56. The van der Waals surface area contributed by atoms with E-state index in [1.807, 2.05) is 11.8 Å². The third-order valence-electron chi connectivity index (χ3n) is 5.42. The van der Waals surface area contributed by atoms with Crippen molar-refractivity contribution in [1.29, 1.82) is 0 Å². The Balaban J connectivity index is 1.55. The molecule has 1 aromatic rings. The highest BCUT2D eigenvalue weighted by molar-refractivity contribution is 5.96. The molecule has 2 amide bonds. The molecule has 154 valence electrons. The van der Waals surface area contributed by atoms with E-state index in [1.54, 1.807) is 32.4 Å². The van der Waals surface area contributed by atoms with Crippen molar-refractivity contribution in [3.05, 3.63) is 18.2 Å². The topological polar surface area (TPSA) is 80.3 Å². The Bertz CT molecular complexity index is 697. The van der Waals surface area contributed by atoms with Crippen LogP contribution in [0.15, 0.2) is 18.2 Å².